The lowest BCUT2D eigenvalue weighted by molar-refractivity contribution is -0.140. The summed E-state index contributed by atoms with van der Waals surface area (Å²) in [5.74, 6) is -0.268. The van der Waals surface area contributed by atoms with Crippen molar-refractivity contribution in [3.05, 3.63) is 35.9 Å². The molecule has 5 heteroatoms. The van der Waals surface area contributed by atoms with Gasteiger partial charge in [0.2, 0.25) is 11.8 Å². The number of amides is 2. The summed E-state index contributed by atoms with van der Waals surface area (Å²) in [7, 11) is 0. The minimum atomic E-state index is -0.672. The van der Waals surface area contributed by atoms with Gasteiger partial charge in [-0.3, -0.25) is 9.59 Å². The van der Waals surface area contributed by atoms with E-state index in [-0.39, 0.29) is 24.2 Å². The van der Waals surface area contributed by atoms with Crippen LogP contribution in [0.15, 0.2) is 30.3 Å². The number of hydrogen-bond donors (Lipinski definition) is 2. The maximum atomic E-state index is 12.5. The summed E-state index contributed by atoms with van der Waals surface area (Å²) in [5.41, 5.74) is 1.09. The Labute approximate surface area is 137 Å². The summed E-state index contributed by atoms with van der Waals surface area (Å²) in [6.07, 6.45) is 0.901. The van der Waals surface area contributed by atoms with Crippen molar-refractivity contribution in [2.45, 2.75) is 51.8 Å². The highest BCUT2D eigenvalue weighted by Crippen LogP contribution is 2.16. The van der Waals surface area contributed by atoms with E-state index in [4.69, 9.17) is 0 Å². The third-order valence-electron chi connectivity index (χ3n) is 4.25. The predicted molar refractivity (Wildman–Crippen MR) is 88.5 cm³/mol. The Kier molecular flexibility index (Phi) is 6.16. The SMILES string of the molecule is CC(C)[C@H](O)CC(=O)N[C@H]1CCCN(Cc2ccccc2)C1=O. The van der Waals surface area contributed by atoms with E-state index in [1.165, 1.54) is 0 Å². The molecule has 2 amide bonds. The average Bonchev–Trinajstić information content (AvgIpc) is 2.52. The van der Waals surface area contributed by atoms with Crippen LogP contribution < -0.4 is 5.32 Å². The third-order valence-corrected chi connectivity index (χ3v) is 4.25. The van der Waals surface area contributed by atoms with Crippen LogP contribution in [0.4, 0.5) is 0 Å². The number of aliphatic hydroxyl groups is 1. The van der Waals surface area contributed by atoms with Crippen LogP contribution in [0, 0.1) is 5.92 Å². The zero-order valence-corrected chi connectivity index (χ0v) is 13.9. The molecule has 1 aliphatic heterocycles. The minimum absolute atomic E-state index is 0.0254. The molecule has 0 unspecified atom stereocenters. The van der Waals surface area contributed by atoms with Crippen LogP contribution in [0.5, 0.6) is 0 Å². The molecule has 1 fully saturated rings. The average molecular weight is 318 g/mol. The summed E-state index contributed by atoms with van der Waals surface area (Å²) in [6.45, 7) is 5.02. The molecule has 0 radical (unpaired) electrons. The van der Waals surface area contributed by atoms with E-state index in [1.807, 2.05) is 44.2 Å². The summed E-state index contributed by atoms with van der Waals surface area (Å²) in [5, 5.41) is 12.6. The number of nitrogens with one attached hydrogen (secondary N) is 1. The molecule has 2 atom stereocenters. The Balaban J connectivity index is 1.90. The molecule has 126 valence electrons. The normalized spacial score (nSPS) is 19.7. The molecule has 0 aromatic heterocycles. The number of aliphatic hydroxyl groups excluding tert-OH is 1. The lowest BCUT2D eigenvalue weighted by atomic mass is 10.0. The fraction of sp³-hybridized carbons (Fsp3) is 0.556. The summed E-state index contributed by atoms with van der Waals surface area (Å²) in [4.78, 5) is 26.3. The van der Waals surface area contributed by atoms with Crippen molar-refractivity contribution < 1.29 is 14.7 Å². The Morgan fingerprint density at radius 1 is 1.35 bits per heavy atom. The number of rotatable bonds is 6. The van der Waals surface area contributed by atoms with Crippen molar-refractivity contribution in [1.82, 2.24) is 10.2 Å². The first kappa shape index (κ1) is 17.5. The van der Waals surface area contributed by atoms with E-state index in [2.05, 4.69) is 5.32 Å². The van der Waals surface area contributed by atoms with Gasteiger partial charge in [-0.05, 0) is 24.3 Å². The predicted octanol–water partition coefficient (Wildman–Crippen LogP) is 1.70. The quantitative estimate of drug-likeness (QED) is 0.839. The highest BCUT2D eigenvalue weighted by Gasteiger charge is 2.30. The van der Waals surface area contributed by atoms with Gasteiger partial charge in [-0.1, -0.05) is 44.2 Å². The van der Waals surface area contributed by atoms with Crippen molar-refractivity contribution in [2.24, 2.45) is 5.92 Å². The van der Waals surface area contributed by atoms with E-state index >= 15 is 0 Å². The second kappa shape index (κ2) is 8.11. The maximum absolute atomic E-state index is 12.5. The number of carbonyl (C=O) groups excluding carboxylic acids is 2. The highest BCUT2D eigenvalue weighted by atomic mass is 16.3. The van der Waals surface area contributed by atoms with Crippen molar-refractivity contribution >= 4 is 11.8 Å². The minimum Gasteiger partial charge on any atom is -0.392 e. The molecule has 0 spiro atoms. The van der Waals surface area contributed by atoms with E-state index < -0.39 is 12.1 Å². The topological polar surface area (TPSA) is 69.6 Å². The lowest BCUT2D eigenvalue weighted by Crippen LogP contribution is -2.52. The molecule has 1 heterocycles. The van der Waals surface area contributed by atoms with Crippen LogP contribution in [-0.2, 0) is 16.1 Å². The molecule has 2 rings (SSSR count). The summed E-state index contributed by atoms with van der Waals surface area (Å²) in [6, 6.07) is 9.37. The molecule has 1 aromatic carbocycles. The lowest BCUT2D eigenvalue weighted by Gasteiger charge is -2.33. The second-order valence-electron chi connectivity index (χ2n) is 6.52. The number of carbonyl (C=O) groups is 2. The molecule has 0 saturated carbocycles. The van der Waals surface area contributed by atoms with Crippen molar-refractivity contribution in [3.63, 3.8) is 0 Å². The van der Waals surface area contributed by atoms with Gasteiger partial charge in [0, 0.05) is 13.1 Å². The van der Waals surface area contributed by atoms with Crippen LogP contribution in [0.25, 0.3) is 0 Å². The van der Waals surface area contributed by atoms with E-state index in [0.29, 0.717) is 19.5 Å². The van der Waals surface area contributed by atoms with E-state index in [9.17, 15) is 14.7 Å². The van der Waals surface area contributed by atoms with Crippen LogP contribution in [0.1, 0.15) is 38.7 Å². The Bertz CT molecular complexity index is 530. The van der Waals surface area contributed by atoms with Crippen LogP contribution in [0.3, 0.4) is 0 Å². The number of hydrogen-bond acceptors (Lipinski definition) is 3. The van der Waals surface area contributed by atoms with Gasteiger partial charge in [-0.15, -0.1) is 0 Å². The largest absolute Gasteiger partial charge is 0.392 e. The third kappa shape index (κ3) is 5.06. The molecule has 0 bridgehead atoms. The maximum Gasteiger partial charge on any atom is 0.245 e. The number of nitrogens with zero attached hydrogens (tertiary/aromatic N) is 1. The molecule has 1 aromatic rings. The van der Waals surface area contributed by atoms with Crippen LogP contribution >= 0.6 is 0 Å². The molecule has 0 aliphatic carbocycles. The zero-order chi connectivity index (χ0) is 16.8. The number of benzene rings is 1. The fourth-order valence-electron chi connectivity index (χ4n) is 2.71. The second-order valence-corrected chi connectivity index (χ2v) is 6.52. The smallest absolute Gasteiger partial charge is 0.245 e. The molecular weight excluding hydrogens is 292 g/mol. The first-order valence-electron chi connectivity index (χ1n) is 8.27. The molecule has 5 nitrogen and oxygen atoms in total. The Hall–Kier alpha value is -1.88. The van der Waals surface area contributed by atoms with E-state index in [1.54, 1.807) is 4.90 Å². The zero-order valence-electron chi connectivity index (χ0n) is 13.9. The molecule has 1 saturated heterocycles. The van der Waals surface area contributed by atoms with Crippen LogP contribution in [-0.4, -0.2) is 40.5 Å². The van der Waals surface area contributed by atoms with E-state index in [0.717, 1.165) is 12.0 Å². The van der Waals surface area contributed by atoms with Gasteiger partial charge in [0.1, 0.15) is 6.04 Å². The monoisotopic (exact) mass is 318 g/mol. The molecule has 23 heavy (non-hydrogen) atoms. The molecular formula is C18H26N2O3. The summed E-state index contributed by atoms with van der Waals surface area (Å²) >= 11 is 0. The van der Waals surface area contributed by atoms with Gasteiger partial charge in [0.15, 0.2) is 0 Å². The van der Waals surface area contributed by atoms with Gasteiger partial charge in [-0.25, -0.2) is 0 Å². The first-order chi connectivity index (χ1) is 11.0. The Morgan fingerprint density at radius 3 is 2.70 bits per heavy atom. The van der Waals surface area contributed by atoms with Gasteiger partial charge in [-0.2, -0.15) is 0 Å². The van der Waals surface area contributed by atoms with Gasteiger partial charge < -0.3 is 15.3 Å². The fourth-order valence-corrected chi connectivity index (χ4v) is 2.71. The van der Waals surface area contributed by atoms with Crippen molar-refractivity contribution in [2.75, 3.05) is 6.54 Å². The standard InChI is InChI=1S/C18H26N2O3/c1-13(2)16(21)11-17(22)19-15-9-6-10-20(18(15)23)12-14-7-4-3-5-8-14/h3-5,7-8,13,15-16,21H,6,9-12H2,1-2H3,(H,19,22)/t15-,16+/m0/s1. The first-order valence-corrected chi connectivity index (χ1v) is 8.27. The Morgan fingerprint density at radius 2 is 2.04 bits per heavy atom. The highest BCUT2D eigenvalue weighted by molar-refractivity contribution is 5.88. The summed E-state index contributed by atoms with van der Waals surface area (Å²) < 4.78 is 0. The van der Waals surface area contributed by atoms with Gasteiger partial charge in [0.25, 0.3) is 0 Å². The van der Waals surface area contributed by atoms with Crippen LogP contribution in [0.2, 0.25) is 0 Å². The van der Waals surface area contributed by atoms with Crippen molar-refractivity contribution in [3.8, 4) is 0 Å². The number of piperidine rings is 1. The molecule has 2 N–H and O–H groups in total. The van der Waals surface area contributed by atoms with Crippen molar-refractivity contribution in [1.29, 1.82) is 0 Å². The van der Waals surface area contributed by atoms with Gasteiger partial charge >= 0.3 is 0 Å². The molecule has 1 aliphatic rings. The van der Waals surface area contributed by atoms with Gasteiger partial charge in [0.05, 0.1) is 12.5 Å². The number of likely N-dealkylation sites (tertiary alicyclic amines) is 1.